The topological polar surface area (TPSA) is 77.4 Å². The monoisotopic (exact) mass is 336 g/mol. The van der Waals surface area contributed by atoms with Gasteiger partial charge in [-0.25, -0.2) is 0 Å². The van der Waals surface area contributed by atoms with Gasteiger partial charge in [-0.2, -0.15) is 6.42 Å². The van der Waals surface area contributed by atoms with E-state index in [2.05, 4.69) is 6.92 Å². The second-order valence-corrected chi connectivity index (χ2v) is 4.72. The summed E-state index contributed by atoms with van der Waals surface area (Å²) in [5, 5.41) is 17.3. The number of rotatable bonds is 11. The van der Waals surface area contributed by atoms with Crippen LogP contribution < -0.4 is 5.11 Å². The number of aliphatic hydroxyl groups is 1. The van der Waals surface area contributed by atoms with Crippen molar-refractivity contribution in [2.24, 2.45) is 0 Å². The summed E-state index contributed by atoms with van der Waals surface area (Å²) in [6.07, 6.45) is 13.0. The third kappa shape index (κ3) is 26.3. The van der Waals surface area contributed by atoms with Crippen molar-refractivity contribution in [1.29, 1.82) is 0 Å². The van der Waals surface area contributed by atoms with Crippen LogP contribution in [0.15, 0.2) is 0 Å². The van der Waals surface area contributed by atoms with Gasteiger partial charge in [0.05, 0.1) is 12.1 Å². The molecule has 1 atom stereocenters. The zero-order valence-electron chi connectivity index (χ0n) is 13.0. The van der Waals surface area contributed by atoms with Gasteiger partial charge < -0.3 is 19.8 Å². The Balaban J connectivity index is -0.000000352. The van der Waals surface area contributed by atoms with Crippen molar-refractivity contribution in [1.82, 2.24) is 0 Å². The molecule has 114 valence electrons. The maximum atomic E-state index is 9.89. The first kappa shape index (κ1) is 24.7. The predicted molar refractivity (Wildman–Crippen MR) is 74.2 cm³/mol. The summed E-state index contributed by atoms with van der Waals surface area (Å²) in [4.78, 5) is 19.2. The average Bonchev–Trinajstić information content (AvgIpc) is 2.37. The SMILES string of the molecule is CC(O)C(=O)[O-].CCCCCCCCCCC[C-]=O.[Zn+2]. The number of carboxylic acids is 1. The van der Waals surface area contributed by atoms with Crippen LogP contribution in [0.25, 0.3) is 0 Å². The molecule has 0 aromatic heterocycles. The van der Waals surface area contributed by atoms with Crippen LogP contribution >= 0.6 is 0 Å². The Labute approximate surface area is 136 Å². The van der Waals surface area contributed by atoms with E-state index in [1.54, 1.807) is 0 Å². The van der Waals surface area contributed by atoms with E-state index < -0.39 is 12.1 Å². The summed E-state index contributed by atoms with van der Waals surface area (Å²) in [5.41, 5.74) is 0. The van der Waals surface area contributed by atoms with E-state index in [1.165, 1.54) is 51.4 Å². The normalized spacial score (nSPS) is 10.8. The molecule has 0 spiro atoms. The Morgan fingerprint density at radius 1 is 1.05 bits per heavy atom. The van der Waals surface area contributed by atoms with Gasteiger partial charge >= 0.3 is 19.5 Å². The molecule has 0 saturated heterocycles. The van der Waals surface area contributed by atoms with Crippen LogP contribution in [0, 0.1) is 0 Å². The molecule has 0 aromatic carbocycles. The Bertz CT molecular complexity index is 208. The van der Waals surface area contributed by atoms with Gasteiger partial charge in [0.1, 0.15) is 0 Å². The van der Waals surface area contributed by atoms with Gasteiger partial charge in [-0.15, -0.1) is 0 Å². The van der Waals surface area contributed by atoms with E-state index >= 15 is 0 Å². The molecule has 0 fully saturated rings. The van der Waals surface area contributed by atoms with Gasteiger partial charge in [0.15, 0.2) is 0 Å². The van der Waals surface area contributed by atoms with Crippen molar-refractivity contribution in [3.8, 4) is 0 Å². The zero-order valence-corrected chi connectivity index (χ0v) is 16.0. The van der Waals surface area contributed by atoms with Gasteiger partial charge in [-0.3, -0.25) is 6.29 Å². The zero-order chi connectivity index (χ0) is 14.9. The van der Waals surface area contributed by atoms with Gasteiger partial charge in [0.2, 0.25) is 0 Å². The molecular formula is C15H28O4Zn. The van der Waals surface area contributed by atoms with Gasteiger partial charge in [-0.1, -0.05) is 64.7 Å². The Morgan fingerprint density at radius 2 is 1.40 bits per heavy atom. The second kappa shape index (κ2) is 21.0. The van der Waals surface area contributed by atoms with Crippen LogP contribution in [-0.2, 0) is 29.1 Å². The van der Waals surface area contributed by atoms with Crippen molar-refractivity contribution < 1.29 is 39.3 Å². The number of carboxylic acid groups (broad SMARTS) is 1. The summed E-state index contributed by atoms with van der Waals surface area (Å²) < 4.78 is 0. The summed E-state index contributed by atoms with van der Waals surface area (Å²) in [7, 11) is 0. The van der Waals surface area contributed by atoms with E-state index in [0.717, 1.165) is 13.3 Å². The molecule has 0 heterocycles. The molecule has 4 nitrogen and oxygen atoms in total. The number of unbranched alkanes of at least 4 members (excludes halogenated alkanes) is 9. The second-order valence-electron chi connectivity index (χ2n) is 4.72. The van der Waals surface area contributed by atoms with E-state index in [9.17, 15) is 14.7 Å². The smallest absolute Gasteiger partial charge is 0.547 e. The van der Waals surface area contributed by atoms with Crippen LogP contribution in [0.3, 0.4) is 0 Å². The van der Waals surface area contributed by atoms with Crippen molar-refractivity contribution in [2.45, 2.75) is 84.2 Å². The first-order valence-electron chi connectivity index (χ1n) is 7.30. The Kier molecular flexibility index (Phi) is 26.0. The summed E-state index contributed by atoms with van der Waals surface area (Å²) in [5.74, 6) is -1.44. The molecule has 0 aliphatic carbocycles. The molecule has 0 amide bonds. The Morgan fingerprint density at radius 3 is 1.70 bits per heavy atom. The molecule has 0 saturated carbocycles. The van der Waals surface area contributed by atoms with Gasteiger partial charge in [0, 0.05) is 0 Å². The van der Waals surface area contributed by atoms with E-state index in [1.807, 2.05) is 6.29 Å². The van der Waals surface area contributed by atoms with Gasteiger partial charge in [-0.05, 0) is 6.92 Å². The summed E-state index contributed by atoms with van der Waals surface area (Å²) in [6, 6.07) is 0. The van der Waals surface area contributed by atoms with Crippen LogP contribution in [0.4, 0.5) is 0 Å². The first-order chi connectivity index (χ1) is 9.06. The Hall–Kier alpha value is -0.277. The number of carbonyl (C=O) groups is 1. The maximum absolute atomic E-state index is 9.89. The van der Waals surface area contributed by atoms with Crippen LogP contribution in [0.5, 0.6) is 0 Å². The summed E-state index contributed by atoms with van der Waals surface area (Å²) >= 11 is 0. The molecule has 0 rings (SSSR count). The largest absolute Gasteiger partial charge is 2.00 e. The maximum Gasteiger partial charge on any atom is 2.00 e. The number of hydrogen-bond donors (Lipinski definition) is 1. The van der Waals surface area contributed by atoms with Crippen LogP contribution in [0.2, 0.25) is 0 Å². The minimum atomic E-state index is -1.44. The number of carbonyl (C=O) groups excluding carboxylic acids is 2. The average molecular weight is 338 g/mol. The minimum absolute atomic E-state index is 0. The number of aliphatic carboxylic acids is 1. The minimum Gasteiger partial charge on any atom is -0.547 e. The third-order valence-electron chi connectivity index (χ3n) is 2.72. The van der Waals surface area contributed by atoms with Crippen molar-refractivity contribution in [3.63, 3.8) is 0 Å². The predicted octanol–water partition coefficient (Wildman–Crippen LogP) is 2.13. The molecule has 0 aromatic rings. The number of hydrogen-bond acceptors (Lipinski definition) is 4. The fraction of sp³-hybridized carbons (Fsp3) is 0.867. The van der Waals surface area contributed by atoms with Crippen LogP contribution in [-0.4, -0.2) is 23.5 Å². The third-order valence-corrected chi connectivity index (χ3v) is 2.72. The molecular weight excluding hydrogens is 310 g/mol. The molecule has 1 N–H and O–H groups in total. The first-order valence-corrected chi connectivity index (χ1v) is 7.30. The molecule has 20 heavy (non-hydrogen) atoms. The fourth-order valence-corrected chi connectivity index (χ4v) is 1.51. The molecule has 0 radical (unpaired) electrons. The molecule has 5 heteroatoms. The fourth-order valence-electron chi connectivity index (χ4n) is 1.51. The standard InChI is InChI=1S/C12H23O.C3H6O3.Zn/c1-2-3-4-5-6-7-8-9-10-11-12-13;1-2(4)3(5)6;/h2-11H2,1H3;2,4H,1H3,(H,5,6);/q-1;;+2/p-1. The number of aliphatic hydroxyl groups excluding tert-OH is 1. The van der Waals surface area contributed by atoms with E-state index in [-0.39, 0.29) is 19.5 Å². The van der Waals surface area contributed by atoms with E-state index in [4.69, 9.17) is 5.11 Å². The van der Waals surface area contributed by atoms with Gasteiger partial charge in [0.25, 0.3) is 0 Å². The molecule has 1 unspecified atom stereocenters. The molecule has 0 aliphatic rings. The molecule has 0 aliphatic heterocycles. The quantitative estimate of drug-likeness (QED) is 0.356. The van der Waals surface area contributed by atoms with Crippen molar-refractivity contribution in [2.75, 3.05) is 0 Å². The van der Waals surface area contributed by atoms with Crippen molar-refractivity contribution in [3.05, 3.63) is 0 Å². The van der Waals surface area contributed by atoms with Crippen molar-refractivity contribution >= 4 is 12.3 Å². The summed E-state index contributed by atoms with van der Waals surface area (Å²) in [6.45, 7) is 3.38. The van der Waals surface area contributed by atoms with Crippen LogP contribution in [0.1, 0.15) is 78.1 Å². The molecule has 0 bridgehead atoms. The van der Waals surface area contributed by atoms with E-state index in [0.29, 0.717) is 6.42 Å².